The number of piperidine rings is 1. The molecule has 4 nitrogen and oxygen atoms in total. The van der Waals surface area contributed by atoms with Crippen molar-refractivity contribution in [2.24, 2.45) is 0 Å². The van der Waals surface area contributed by atoms with Gasteiger partial charge in [0.05, 0.1) is 22.8 Å². The Morgan fingerprint density at radius 1 is 1.30 bits per heavy atom. The van der Waals surface area contributed by atoms with E-state index in [1.807, 2.05) is 23.1 Å². The monoisotopic (exact) mass is 384 g/mol. The van der Waals surface area contributed by atoms with E-state index in [2.05, 4.69) is 20.9 Å². The predicted molar refractivity (Wildman–Crippen MR) is 87.2 cm³/mol. The van der Waals surface area contributed by atoms with Gasteiger partial charge < -0.3 is 9.64 Å². The van der Waals surface area contributed by atoms with Crippen molar-refractivity contribution in [3.05, 3.63) is 34.4 Å². The molecule has 23 heavy (non-hydrogen) atoms. The van der Waals surface area contributed by atoms with Crippen LogP contribution in [-0.2, 0) is 4.74 Å². The SMILES string of the molecule is COC(=O)c1nc2ccccc2c(N2CCC(F)(F)CC2)c1Br. The second-order valence-electron chi connectivity index (χ2n) is 5.47. The first-order valence-electron chi connectivity index (χ1n) is 7.22. The maximum atomic E-state index is 13.4. The summed E-state index contributed by atoms with van der Waals surface area (Å²) in [6, 6.07) is 7.33. The van der Waals surface area contributed by atoms with Crippen LogP contribution in [0.15, 0.2) is 28.7 Å². The lowest BCUT2D eigenvalue weighted by Crippen LogP contribution is -2.39. The number of pyridine rings is 1. The maximum absolute atomic E-state index is 13.4. The van der Waals surface area contributed by atoms with Gasteiger partial charge in [0.2, 0.25) is 0 Å². The molecule has 0 aliphatic carbocycles. The van der Waals surface area contributed by atoms with Gasteiger partial charge in [-0.1, -0.05) is 18.2 Å². The minimum absolute atomic E-state index is 0.151. The Labute approximate surface area is 140 Å². The summed E-state index contributed by atoms with van der Waals surface area (Å²) in [4.78, 5) is 18.2. The first kappa shape index (κ1) is 16.1. The highest BCUT2D eigenvalue weighted by molar-refractivity contribution is 9.10. The van der Waals surface area contributed by atoms with E-state index in [-0.39, 0.29) is 31.6 Å². The zero-order valence-electron chi connectivity index (χ0n) is 12.5. The molecule has 1 aromatic heterocycles. The number of halogens is 3. The van der Waals surface area contributed by atoms with Crippen molar-refractivity contribution >= 4 is 38.5 Å². The molecule has 1 saturated heterocycles. The lowest BCUT2D eigenvalue weighted by Gasteiger charge is -2.34. The van der Waals surface area contributed by atoms with Crippen molar-refractivity contribution < 1.29 is 18.3 Å². The molecular formula is C16H15BrF2N2O2. The fraction of sp³-hybridized carbons (Fsp3) is 0.375. The van der Waals surface area contributed by atoms with Crippen LogP contribution in [0.1, 0.15) is 23.3 Å². The lowest BCUT2D eigenvalue weighted by atomic mass is 10.0. The summed E-state index contributed by atoms with van der Waals surface area (Å²) in [6.07, 6.45) is -0.409. The Hall–Kier alpha value is -1.76. The first-order valence-corrected chi connectivity index (χ1v) is 8.01. The Kier molecular flexibility index (Phi) is 4.23. The molecule has 2 heterocycles. The summed E-state index contributed by atoms with van der Waals surface area (Å²) in [7, 11) is 1.28. The van der Waals surface area contributed by atoms with Crippen molar-refractivity contribution in [1.82, 2.24) is 4.98 Å². The zero-order chi connectivity index (χ0) is 16.6. The summed E-state index contributed by atoms with van der Waals surface area (Å²) in [6.45, 7) is 0.445. The number of fused-ring (bicyclic) bond motifs is 1. The molecule has 0 amide bonds. The van der Waals surface area contributed by atoms with Gasteiger partial charge in [-0.3, -0.25) is 0 Å². The molecule has 122 valence electrons. The summed E-state index contributed by atoms with van der Waals surface area (Å²) in [5.41, 5.74) is 1.49. The van der Waals surface area contributed by atoms with Gasteiger partial charge in [0, 0.05) is 31.3 Å². The van der Waals surface area contributed by atoms with E-state index in [9.17, 15) is 13.6 Å². The number of anilines is 1. The third-order valence-electron chi connectivity index (χ3n) is 4.00. The van der Waals surface area contributed by atoms with Gasteiger partial charge in [0.25, 0.3) is 5.92 Å². The number of nitrogens with zero attached hydrogens (tertiary/aromatic N) is 2. The van der Waals surface area contributed by atoms with Gasteiger partial charge >= 0.3 is 5.97 Å². The topological polar surface area (TPSA) is 42.4 Å². The van der Waals surface area contributed by atoms with Crippen LogP contribution in [0.4, 0.5) is 14.5 Å². The summed E-state index contributed by atoms with van der Waals surface area (Å²) in [5.74, 6) is -3.19. The number of rotatable bonds is 2. The third kappa shape index (κ3) is 3.02. The van der Waals surface area contributed by atoms with E-state index < -0.39 is 11.9 Å². The van der Waals surface area contributed by atoms with Crippen LogP contribution < -0.4 is 4.90 Å². The van der Waals surface area contributed by atoms with Crippen molar-refractivity contribution in [3.8, 4) is 0 Å². The number of esters is 1. The van der Waals surface area contributed by atoms with Crippen LogP contribution in [0.25, 0.3) is 10.9 Å². The molecule has 2 aromatic rings. The molecule has 0 atom stereocenters. The van der Waals surface area contributed by atoms with Crippen molar-refractivity contribution in [2.75, 3.05) is 25.1 Å². The van der Waals surface area contributed by atoms with E-state index in [0.717, 1.165) is 5.39 Å². The maximum Gasteiger partial charge on any atom is 0.357 e. The number of para-hydroxylation sites is 1. The van der Waals surface area contributed by atoms with Crippen molar-refractivity contribution in [2.45, 2.75) is 18.8 Å². The van der Waals surface area contributed by atoms with E-state index in [1.165, 1.54) is 7.11 Å². The number of carbonyl (C=O) groups excluding carboxylic acids is 1. The Bertz CT molecular complexity index is 757. The molecule has 1 fully saturated rings. The second kappa shape index (κ2) is 6.03. The lowest BCUT2D eigenvalue weighted by molar-refractivity contribution is -0.0220. The van der Waals surface area contributed by atoms with Crippen LogP contribution in [0, 0.1) is 0 Å². The van der Waals surface area contributed by atoms with Crippen LogP contribution in [0.2, 0.25) is 0 Å². The molecule has 0 bridgehead atoms. The normalized spacial score (nSPS) is 17.3. The van der Waals surface area contributed by atoms with E-state index >= 15 is 0 Å². The van der Waals surface area contributed by atoms with Gasteiger partial charge in [-0.15, -0.1) is 0 Å². The Morgan fingerprint density at radius 3 is 2.61 bits per heavy atom. The number of methoxy groups -OCH3 is 1. The minimum atomic E-state index is -2.63. The molecule has 0 N–H and O–H groups in total. The summed E-state index contributed by atoms with van der Waals surface area (Å²) < 4.78 is 32.1. The average molecular weight is 385 g/mol. The number of benzene rings is 1. The number of ether oxygens (including phenoxy) is 1. The smallest absolute Gasteiger partial charge is 0.357 e. The molecule has 0 spiro atoms. The van der Waals surface area contributed by atoms with E-state index in [1.54, 1.807) is 6.07 Å². The Balaban J connectivity index is 2.14. The minimum Gasteiger partial charge on any atom is -0.464 e. The van der Waals surface area contributed by atoms with Gasteiger partial charge in [-0.05, 0) is 22.0 Å². The van der Waals surface area contributed by atoms with Crippen LogP contribution in [0.5, 0.6) is 0 Å². The highest BCUT2D eigenvalue weighted by Crippen LogP contribution is 2.39. The molecule has 1 aliphatic rings. The molecule has 0 unspecified atom stereocenters. The summed E-state index contributed by atoms with van der Waals surface area (Å²) >= 11 is 3.42. The molecule has 1 aromatic carbocycles. The second-order valence-corrected chi connectivity index (χ2v) is 6.27. The number of carbonyl (C=O) groups is 1. The van der Waals surface area contributed by atoms with Gasteiger partial charge in [-0.25, -0.2) is 18.6 Å². The number of hydrogen-bond donors (Lipinski definition) is 0. The number of alkyl halides is 2. The van der Waals surface area contributed by atoms with Crippen molar-refractivity contribution in [3.63, 3.8) is 0 Å². The van der Waals surface area contributed by atoms with Crippen LogP contribution in [0.3, 0.4) is 0 Å². The quantitative estimate of drug-likeness (QED) is 0.733. The highest BCUT2D eigenvalue weighted by Gasteiger charge is 2.35. The first-order chi connectivity index (χ1) is 10.9. The van der Waals surface area contributed by atoms with Gasteiger partial charge in [-0.2, -0.15) is 0 Å². The van der Waals surface area contributed by atoms with Crippen LogP contribution >= 0.6 is 15.9 Å². The fourth-order valence-corrected chi connectivity index (χ4v) is 3.48. The molecule has 0 saturated carbocycles. The predicted octanol–water partition coefficient (Wildman–Crippen LogP) is 4.02. The Morgan fingerprint density at radius 2 is 1.96 bits per heavy atom. The highest BCUT2D eigenvalue weighted by atomic mass is 79.9. The average Bonchev–Trinajstić information content (AvgIpc) is 2.54. The standard InChI is InChI=1S/C16H15BrF2N2O2/c1-23-15(22)13-12(17)14(10-4-2-3-5-11(10)20-13)21-8-6-16(18,19)7-9-21/h2-5H,6-9H2,1H3. The molecule has 0 radical (unpaired) electrons. The van der Waals surface area contributed by atoms with Crippen LogP contribution in [-0.4, -0.2) is 37.1 Å². The largest absolute Gasteiger partial charge is 0.464 e. The summed E-state index contributed by atoms with van der Waals surface area (Å²) in [5, 5.41) is 0.817. The number of aromatic nitrogens is 1. The van der Waals surface area contributed by atoms with E-state index in [4.69, 9.17) is 4.74 Å². The zero-order valence-corrected chi connectivity index (χ0v) is 14.1. The third-order valence-corrected chi connectivity index (χ3v) is 4.75. The molecule has 1 aliphatic heterocycles. The van der Waals surface area contributed by atoms with Gasteiger partial charge in [0.1, 0.15) is 0 Å². The molecule has 3 rings (SSSR count). The fourth-order valence-electron chi connectivity index (χ4n) is 2.77. The molecule has 7 heteroatoms. The number of hydrogen-bond acceptors (Lipinski definition) is 4. The van der Waals surface area contributed by atoms with E-state index in [0.29, 0.717) is 15.7 Å². The van der Waals surface area contributed by atoms with Gasteiger partial charge in [0.15, 0.2) is 5.69 Å². The van der Waals surface area contributed by atoms with Crippen molar-refractivity contribution in [1.29, 1.82) is 0 Å². The molecular weight excluding hydrogens is 370 g/mol.